The minimum atomic E-state index is -2.56. The fourth-order valence-corrected chi connectivity index (χ4v) is 0. The molecule has 0 radical (unpaired) electrons. The summed E-state index contributed by atoms with van der Waals surface area (Å²) in [5, 5.41) is 24.8. The maximum absolute atomic E-state index is 8.87. The van der Waals surface area contributed by atoms with E-state index in [9.17, 15) is 0 Å². The van der Waals surface area contributed by atoms with Crippen LogP contribution >= 0.6 is 0 Å². The molecule has 0 aromatic carbocycles. The Morgan fingerprint density at radius 2 is 1.67 bits per heavy atom. The van der Waals surface area contributed by atoms with Gasteiger partial charge in [0.25, 0.3) is 0 Å². The smallest absolute Gasteiger partial charge is 0.868 e. The van der Waals surface area contributed by atoms with E-state index in [0.29, 0.717) is 0 Å². The molecule has 0 atom stereocenters. The van der Waals surface area contributed by atoms with Crippen molar-refractivity contribution in [2.45, 2.75) is 0 Å². The normalized spacial score (nSPS) is 6.50. The Hall–Kier alpha value is 0.528. The summed E-state index contributed by atoms with van der Waals surface area (Å²) in [6.45, 7) is 0. The summed E-state index contributed by atoms with van der Waals surface area (Å²) < 4.78 is 0. The van der Waals surface area contributed by atoms with Gasteiger partial charge in [0.05, 0.1) is 0 Å². The minimum Gasteiger partial charge on any atom is -0.868 e. The Kier molecular flexibility index (Phi) is 8.97. The van der Waals surface area contributed by atoms with Gasteiger partial charge in [0, 0.05) is 0 Å². The van der Waals surface area contributed by atoms with Crippen LogP contribution < -0.4 is 10.0 Å². The van der Waals surface area contributed by atoms with Gasteiger partial charge in [0.1, 0.15) is 7.32 Å². The van der Waals surface area contributed by atoms with E-state index in [1.807, 2.05) is 0 Å². The van der Waals surface area contributed by atoms with Gasteiger partial charge in [0.15, 0.2) is 0 Å². The van der Waals surface area contributed by atoms with E-state index >= 15 is 0 Å². The number of rotatable bonds is 1. The summed E-state index contributed by atoms with van der Waals surface area (Å²) in [7, 11) is -2.56. The van der Waals surface area contributed by atoms with Gasteiger partial charge in [0.2, 0.25) is 0 Å². The Morgan fingerprint density at radius 3 is 1.67 bits per heavy atom. The van der Waals surface area contributed by atoms with Crippen LogP contribution in [0.2, 0.25) is 0 Å². The minimum absolute atomic E-state index is 0. The standard InChI is InChI=1S/BHO4.Zn/c2-1(3)5-4;/h4H;/q-2;+2. The predicted molar refractivity (Wildman–Crippen MR) is 9.47 cm³/mol. The van der Waals surface area contributed by atoms with E-state index in [-0.39, 0.29) is 19.5 Å². The fraction of sp³-hybridized carbons (Fsp3) is 0. The van der Waals surface area contributed by atoms with Crippen LogP contribution in [-0.2, 0) is 24.3 Å². The van der Waals surface area contributed by atoms with Crippen LogP contribution in [0.3, 0.4) is 0 Å². The molecule has 0 aliphatic rings. The molecule has 0 rings (SSSR count). The van der Waals surface area contributed by atoms with Crippen LogP contribution in [0.25, 0.3) is 0 Å². The predicted octanol–water partition coefficient (Wildman–Crippen LogP) is -2.82. The van der Waals surface area contributed by atoms with Crippen molar-refractivity contribution in [3.8, 4) is 0 Å². The first-order valence-corrected chi connectivity index (χ1v) is 0.890. The van der Waals surface area contributed by atoms with Crippen molar-refractivity contribution in [1.29, 1.82) is 0 Å². The van der Waals surface area contributed by atoms with Crippen molar-refractivity contribution in [3.63, 3.8) is 0 Å². The zero-order valence-corrected chi connectivity index (χ0v) is 5.92. The quantitative estimate of drug-likeness (QED) is 0.243. The first kappa shape index (κ1) is 9.73. The molecule has 0 saturated heterocycles. The van der Waals surface area contributed by atoms with Crippen LogP contribution in [0.1, 0.15) is 0 Å². The van der Waals surface area contributed by atoms with Crippen LogP contribution in [0.4, 0.5) is 0 Å². The molecule has 0 aliphatic carbocycles. The second kappa shape index (κ2) is 5.53. The number of hydrogen-bond donors (Lipinski definition) is 1. The molecule has 6 heteroatoms. The summed E-state index contributed by atoms with van der Waals surface area (Å²) in [6.07, 6.45) is 0. The maximum Gasteiger partial charge on any atom is 2.00 e. The molecule has 0 amide bonds. The van der Waals surface area contributed by atoms with Crippen molar-refractivity contribution >= 4 is 7.32 Å². The summed E-state index contributed by atoms with van der Waals surface area (Å²) in [6, 6.07) is 0. The van der Waals surface area contributed by atoms with Gasteiger partial charge in [-0.25, -0.2) is 0 Å². The maximum atomic E-state index is 8.87. The third kappa shape index (κ3) is 8.82. The first-order valence-electron chi connectivity index (χ1n) is 0.890. The van der Waals surface area contributed by atoms with E-state index < -0.39 is 7.32 Å². The molecule has 0 unspecified atom stereocenters. The molecule has 0 fully saturated rings. The Morgan fingerprint density at radius 1 is 1.50 bits per heavy atom. The van der Waals surface area contributed by atoms with Crippen molar-refractivity contribution in [3.05, 3.63) is 0 Å². The third-order valence-electron chi connectivity index (χ3n) is 0.0861. The van der Waals surface area contributed by atoms with Crippen LogP contribution in [0.5, 0.6) is 0 Å². The van der Waals surface area contributed by atoms with Crippen molar-refractivity contribution in [1.82, 2.24) is 0 Å². The molecule has 0 aliphatic heterocycles. The zero-order chi connectivity index (χ0) is 4.28. The molecule has 0 bridgehead atoms. The molecule has 0 aromatic rings. The van der Waals surface area contributed by atoms with E-state index in [2.05, 4.69) is 4.81 Å². The molecule has 0 aromatic heterocycles. The van der Waals surface area contributed by atoms with Crippen LogP contribution in [0, 0.1) is 0 Å². The number of hydrogen-bond acceptors (Lipinski definition) is 4. The van der Waals surface area contributed by atoms with Gasteiger partial charge >= 0.3 is 19.5 Å². The summed E-state index contributed by atoms with van der Waals surface area (Å²) >= 11 is 0. The molecule has 1 N–H and O–H groups in total. The average Bonchev–Trinajstić information content (AvgIpc) is 1.38. The molecule has 6 heavy (non-hydrogen) atoms. The van der Waals surface area contributed by atoms with E-state index in [1.165, 1.54) is 0 Å². The van der Waals surface area contributed by atoms with Gasteiger partial charge in [-0.2, -0.15) is 0 Å². The fourth-order valence-electron chi connectivity index (χ4n) is 0. The summed E-state index contributed by atoms with van der Waals surface area (Å²) in [5.41, 5.74) is 0. The molecule has 0 heterocycles. The Balaban J connectivity index is 0. The molecule has 0 saturated carbocycles. The first-order chi connectivity index (χ1) is 2.27. The average molecular weight is 141 g/mol. The van der Waals surface area contributed by atoms with Gasteiger partial charge < -0.3 is 14.9 Å². The topological polar surface area (TPSA) is 75.6 Å². The van der Waals surface area contributed by atoms with Gasteiger partial charge in [-0.15, -0.1) is 0 Å². The Labute approximate surface area is 47.6 Å². The monoisotopic (exact) mass is 140 g/mol. The molecular weight excluding hydrogens is 140 g/mol. The molecular formula is HBO4Zn. The SMILES string of the molecule is [O-]B([O-])OO.[Zn+2]. The van der Waals surface area contributed by atoms with Crippen molar-refractivity contribution in [2.75, 3.05) is 0 Å². The van der Waals surface area contributed by atoms with Gasteiger partial charge in [-0.1, -0.05) is 0 Å². The van der Waals surface area contributed by atoms with E-state index in [0.717, 1.165) is 0 Å². The summed E-state index contributed by atoms with van der Waals surface area (Å²) in [4.78, 5) is 2.64. The van der Waals surface area contributed by atoms with Gasteiger partial charge in [-0.3, -0.25) is 5.26 Å². The van der Waals surface area contributed by atoms with Crippen molar-refractivity contribution in [2.24, 2.45) is 0 Å². The van der Waals surface area contributed by atoms with Gasteiger partial charge in [-0.05, 0) is 0 Å². The van der Waals surface area contributed by atoms with E-state index in [1.54, 1.807) is 0 Å². The third-order valence-corrected chi connectivity index (χ3v) is 0.0861. The van der Waals surface area contributed by atoms with Crippen molar-refractivity contribution < 1.29 is 39.6 Å². The second-order valence-corrected chi connectivity index (χ2v) is 0.394. The molecule has 0 spiro atoms. The molecule has 4 nitrogen and oxygen atoms in total. The zero-order valence-electron chi connectivity index (χ0n) is 2.96. The largest absolute Gasteiger partial charge is 2.00 e. The second-order valence-electron chi connectivity index (χ2n) is 0.394. The Bertz CT molecular complexity index is 21.5. The summed E-state index contributed by atoms with van der Waals surface area (Å²) in [5.74, 6) is 0. The van der Waals surface area contributed by atoms with Crippen LogP contribution in [0.15, 0.2) is 0 Å². The van der Waals surface area contributed by atoms with E-state index in [4.69, 9.17) is 15.3 Å². The molecule has 30 valence electrons. The van der Waals surface area contributed by atoms with Crippen LogP contribution in [-0.4, -0.2) is 12.6 Å².